The van der Waals surface area contributed by atoms with Crippen molar-refractivity contribution in [1.29, 1.82) is 5.41 Å². The van der Waals surface area contributed by atoms with E-state index in [1.54, 1.807) is 11.2 Å². The van der Waals surface area contributed by atoms with Crippen molar-refractivity contribution in [1.82, 2.24) is 5.01 Å². The molecule has 0 atom stereocenters. The summed E-state index contributed by atoms with van der Waals surface area (Å²) in [6.07, 6.45) is 1.63. The highest BCUT2D eigenvalue weighted by molar-refractivity contribution is 6.63. The van der Waals surface area contributed by atoms with Gasteiger partial charge in [0.1, 0.15) is 5.71 Å². The van der Waals surface area contributed by atoms with Gasteiger partial charge in [0.15, 0.2) is 5.84 Å². The van der Waals surface area contributed by atoms with Crippen molar-refractivity contribution < 1.29 is 0 Å². The number of benzene rings is 1. The Hall–Kier alpha value is -2.17. The number of rotatable bonds is 3. The van der Waals surface area contributed by atoms with Crippen molar-refractivity contribution in [3.8, 4) is 0 Å². The molecule has 0 aromatic heterocycles. The molecule has 5 nitrogen and oxygen atoms in total. The molecule has 0 aliphatic carbocycles. The summed E-state index contributed by atoms with van der Waals surface area (Å²) in [4.78, 5) is 6.46. The molecule has 0 unspecified atom stereocenters. The smallest absolute Gasteiger partial charge is 0.169 e. The quantitative estimate of drug-likeness (QED) is 0.884. The van der Waals surface area contributed by atoms with Crippen molar-refractivity contribution in [2.24, 2.45) is 10.1 Å². The summed E-state index contributed by atoms with van der Waals surface area (Å²) in [6.45, 7) is 2.65. The summed E-state index contributed by atoms with van der Waals surface area (Å²) < 4.78 is 0. The largest absolute Gasteiger partial charge is 0.378 e. The van der Waals surface area contributed by atoms with Crippen molar-refractivity contribution in [3.63, 3.8) is 0 Å². The molecule has 1 aromatic rings. The van der Waals surface area contributed by atoms with Crippen LogP contribution in [0.5, 0.6) is 0 Å². The molecule has 0 saturated carbocycles. The van der Waals surface area contributed by atoms with E-state index in [1.807, 2.05) is 50.2 Å². The maximum absolute atomic E-state index is 7.88. The van der Waals surface area contributed by atoms with Gasteiger partial charge in [-0.3, -0.25) is 5.41 Å². The predicted molar refractivity (Wildman–Crippen MR) is 76.5 cm³/mol. The lowest BCUT2D eigenvalue weighted by Gasteiger charge is -2.12. The molecule has 1 aromatic carbocycles. The summed E-state index contributed by atoms with van der Waals surface area (Å²) >= 11 is 0. The Kier molecular flexibility index (Phi) is 3.41. The summed E-state index contributed by atoms with van der Waals surface area (Å²) in [5, 5.41) is 13.6. The van der Waals surface area contributed by atoms with E-state index in [-0.39, 0.29) is 0 Å². The van der Waals surface area contributed by atoms with Crippen LogP contribution in [0, 0.1) is 5.41 Å². The highest BCUT2D eigenvalue weighted by Crippen LogP contribution is 2.19. The number of amidine groups is 1. The van der Waals surface area contributed by atoms with Gasteiger partial charge in [-0.25, -0.2) is 10.0 Å². The molecule has 2 rings (SSSR count). The third-order valence-corrected chi connectivity index (χ3v) is 2.74. The van der Waals surface area contributed by atoms with E-state index in [9.17, 15) is 0 Å². The van der Waals surface area contributed by atoms with Gasteiger partial charge in [-0.1, -0.05) is 0 Å². The van der Waals surface area contributed by atoms with E-state index < -0.39 is 0 Å². The number of hydrazone groups is 1. The minimum absolute atomic E-state index is 0.356. The molecule has 0 radical (unpaired) electrons. The fourth-order valence-electron chi connectivity index (χ4n) is 1.66. The van der Waals surface area contributed by atoms with Crippen LogP contribution in [0.25, 0.3) is 0 Å². The third kappa shape index (κ3) is 2.40. The van der Waals surface area contributed by atoms with Crippen LogP contribution in [0.3, 0.4) is 0 Å². The van der Waals surface area contributed by atoms with Gasteiger partial charge in [0.25, 0.3) is 0 Å². The Bertz CT molecular complexity index is 499. The Labute approximate surface area is 107 Å². The molecule has 1 aliphatic rings. The molecule has 0 spiro atoms. The summed E-state index contributed by atoms with van der Waals surface area (Å²) in [5.41, 5.74) is 2.57. The van der Waals surface area contributed by atoms with Gasteiger partial charge in [0.05, 0.1) is 11.9 Å². The Morgan fingerprint density at radius 3 is 2.44 bits per heavy atom. The fourth-order valence-corrected chi connectivity index (χ4v) is 1.66. The van der Waals surface area contributed by atoms with Crippen LogP contribution in [-0.4, -0.2) is 43.4 Å². The highest BCUT2D eigenvalue weighted by atomic mass is 15.5. The minimum atomic E-state index is 0.356. The highest BCUT2D eigenvalue weighted by Gasteiger charge is 2.18. The second kappa shape index (κ2) is 5.00. The number of hydrogen-bond acceptors (Lipinski definition) is 4. The molecule has 1 N–H and O–H groups in total. The predicted octanol–water partition coefficient (Wildman–Crippen LogP) is 2.12. The maximum Gasteiger partial charge on any atom is 0.169 e. The van der Waals surface area contributed by atoms with Crippen LogP contribution >= 0.6 is 0 Å². The monoisotopic (exact) mass is 243 g/mol. The average molecular weight is 243 g/mol. The zero-order chi connectivity index (χ0) is 13.1. The molecule has 0 saturated heterocycles. The molecule has 5 heteroatoms. The van der Waals surface area contributed by atoms with Gasteiger partial charge in [0.2, 0.25) is 0 Å². The molecule has 0 fully saturated rings. The van der Waals surface area contributed by atoms with Crippen molar-refractivity contribution in [3.05, 3.63) is 24.3 Å². The van der Waals surface area contributed by atoms with Gasteiger partial charge in [-0.2, -0.15) is 5.10 Å². The second-order valence-corrected chi connectivity index (χ2v) is 4.22. The van der Waals surface area contributed by atoms with E-state index in [2.05, 4.69) is 10.1 Å². The number of nitrogens with one attached hydrogen (secondary N) is 1. The molecule has 1 heterocycles. The molecule has 18 heavy (non-hydrogen) atoms. The number of nitrogens with zero attached hydrogens (tertiary/aromatic N) is 4. The van der Waals surface area contributed by atoms with Crippen molar-refractivity contribution >= 4 is 29.1 Å². The van der Waals surface area contributed by atoms with E-state index in [0.29, 0.717) is 18.1 Å². The molecular weight excluding hydrogens is 226 g/mol. The zero-order valence-electron chi connectivity index (χ0n) is 10.9. The molecule has 0 amide bonds. The van der Waals surface area contributed by atoms with Crippen LogP contribution in [0.15, 0.2) is 34.4 Å². The van der Waals surface area contributed by atoms with Crippen LogP contribution in [-0.2, 0) is 0 Å². The van der Waals surface area contributed by atoms with Gasteiger partial charge >= 0.3 is 0 Å². The van der Waals surface area contributed by atoms with E-state index in [0.717, 1.165) is 11.4 Å². The molecule has 94 valence electrons. The first kappa shape index (κ1) is 12.3. The first-order valence-corrected chi connectivity index (χ1v) is 5.88. The lowest BCUT2D eigenvalue weighted by Crippen LogP contribution is -2.25. The normalized spacial score (nSPS) is 16.7. The first-order chi connectivity index (χ1) is 8.61. The van der Waals surface area contributed by atoms with Crippen molar-refractivity contribution in [2.45, 2.75) is 6.92 Å². The Morgan fingerprint density at radius 2 is 1.94 bits per heavy atom. The van der Waals surface area contributed by atoms with Crippen LogP contribution < -0.4 is 4.90 Å². The molecular formula is C13H17N5. The third-order valence-electron chi connectivity index (χ3n) is 2.74. The minimum Gasteiger partial charge on any atom is -0.378 e. The first-order valence-electron chi connectivity index (χ1n) is 5.88. The average Bonchev–Trinajstić information content (AvgIpc) is 2.71. The van der Waals surface area contributed by atoms with Crippen LogP contribution in [0.4, 0.5) is 11.4 Å². The lowest BCUT2D eigenvalue weighted by atomic mass is 10.2. The second-order valence-electron chi connectivity index (χ2n) is 4.22. The molecule has 1 aliphatic heterocycles. The fraction of sp³-hybridized carbons (Fsp3) is 0.308. The van der Waals surface area contributed by atoms with Crippen LogP contribution in [0.1, 0.15) is 6.92 Å². The number of anilines is 1. The summed E-state index contributed by atoms with van der Waals surface area (Å²) in [6, 6.07) is 7.90. The lowest BCUT2D eigenvalue weighted by molar-refractivity contribution is 0.483. The zero-order valence-corrected chi connectivity index (χ0v) is 10.9. The Balaban J connectivity index is 2.19. The maximum atomic E-state index is 7.88. The SMILES string of the molecule is CCN1N=CC(=Nc2ccc(N(C)C)cc2)C1=N. The number of hydrogen-bond donors (Lipinski definition) is 1. The van der Waals surface area contributed by atoms with Crippen molar-refractivity contribution in [2.75, 3.05) is 25.5 Å². The van der Waals surface area contributed by atoms with E-state index in [1.165, 1.54) is 0 Å². The van der Waals surface area contributed by atoms with Crippen LogP contribution in [0.2, 0.25) is 0 Å². The topological polar surface area (TPSA) is 55.1 Å². The standard InChI is InChI=1S/C13H17N5/c1-4-18-13(14)12(9-15-18)16-10-5-7-11(8-6-10)17(2)3/h5-9,14H,4H2,1-3H3. The van der Waals surface area contributed by atoms with Gasteiger partial charge < -0.3 is 4.90 Å². The van der Waals surface area contributed by atoms with E-state index >= 15 is 0 Å². The van der Waals surface area contributed by atoms with E-state index in [4.69, 9.17) is 5.41 Å². The van der Waals surface area contributed by atoms with Gasteiger partial charge in [-0.15, -0.1) is 0 Å². The van der Waals surface area contributed by atoms with Gasteiger partial charge in [0, 0.05) is 26.3 Å². The molecule has 0 bridgehead atoms. The Morgan fingerprint density at radius 1 is 1.28 bits per heavy atom. The number of aliphatic imine (C=N–C) groups is 1. The summed E-state index contributed by atoms with van der Waals surface area (Å²) in [5.74, 6) is 0.356. The van der Waals surface area contributed by atoms with Gasteiger partial charge in [-0.05, 0) is 31.2 Å². The summed E-state index contributed by atoms with van der Waals surface area (Å²) in [7, 11) is 4.00.